The molecule has 0 aliphatic rings. The molecule has 162 valence electrons. The predicted molar refractivity (Wildman–Crippen MR) is 126 cm³/mol. The molecule has 9 nitrogen and oxygen atoms in total. The Morgan fingerprint density at radius 1 is 1.00 bits per heavy atom. The highest BCUT2D eigenvalue weighted by Gasteiger charge is 2.16. The zero-order valence-electron chi connectivity index (χ0n) is 17.5. The van der Waals surface area contributed by atoms with Crippen LogP contribution >= 0.6 is 0 Å². The first-order chi connectivity index (χ1) is 16.2. The van der Waals surface area contributed by atoms with Crippen molar-refractivity contribution in [3.8, 4) is 22.5 Å². The number of carbonyl (C=O) groups is 1. The van der Waals surface area contributed by atoms with Crippen LogP contribution in [0.3, 0.4) is 0 Å². The van der Waals surface area contributed by atoms with Crippen molar-refractivity contribution in [2.45, 2.75) is 6.54 Å². The van der Waals surface area contributed by atoms with Gasteiger partial charge in [-0.2, -0.15) is 0 Å². The summed E-state index contributed by atoms with van der Waals surface area (Å²) in [5.41, 5.74) is 10.1. The summed E-state index contributed by atoms with van der Waals surface area (Å²) in [6.45, 7) is 0.494. The van der Waals surface area contributed by atoms with Crippen LogP contribution in [0.4, 0.5) is 16.3 Å². The van der Waals surface area contributed by atoms with Crippen molar-refractivity contribution in [3.63, 3.8) is 0 Å². The van der Waals surface area contributed by atoms with Gasteiger partial charge in [-0.05, 0) is 29.8 Å². The fourth-order valence-electron chi connectivity index (χ4n) is 3.57. The Bertz CT molecular complexity index is 1420. The molecule has 0 saturated carbocycles. The second kappa shape index (κ2) is 8.75. The third-order valence-corrected chi connectivity index (χ3v) is 5.02. The molecule has 0 fully saturated rings. The molecule has 4 aromatic heterocycles. The Morgan fingerprint density at radius 2 is 1.85 bits per heavy atom. The molecular weight excluding hydrogens is 416 g/mol. The van der Waals surface area contributed by atoms with Crippen LogP contribution in [0.25, 0.3) is 28.0 Å². The fraction of sp³-hybridized carbons (Fsp3) is 0.0417. The molecule has 33 heavy (non-hydrogen) atoms. The number of rotatable bonds is 6. The maximum atomic E-state index is 11.2. The number of nitrogens with two attached hydrogens (primary N) is 1. The van der Waals surface area contributed by atoms with E-state index >= 15 is 0 Å². The lowest BCUT2D eigenvalue weighted by Gasteiger charge is -2.12. The summed E-state index contributed by atoms with van der Waals surface area (Å²) in [6, 6.07) is 18.9. The molecular formula is C24H20N8O. The van der Waals surface area contributed by atoms with Gasteiger partial charge in [-0.25, -0.2) is 14.3 Å². The molecule has 0 unspecified atom stereocenters. The Kier molecular flexibility index (Phi) is 5.34. The van der Waals surface area contributed by atoms with Crippen molar-refractivity contribution in [1.29, 1.82) is 0 Å². The van der Waals surface area contributed by atoms with E-state index in [0.717, 1.165) is 22.3 Å². The van der Waals surface area contributed by atoms with Crippen LogP contribution in [-0.4, -0.2) is 30.6 Å². The summed E-state index contributed by atoms with van der Waals surface area (Å²) in [7, 11) is 0. The van der Waals surface area contributed by atoms with Crippen molar-refractivity contribution in [2.75, 3.05) is 10.6 Å². The summed E-state index contributed by atoms with van der Waals surface area (Å²) >= 11 is 0. The largest absolute Gasteiger partial charge is 0.363 e. The first-order valence-electron chi connectivity index (χ1n) is 10.3. The molecule has 0 spiro atoms. The van der Waals surface area contributed by atoms with Crippen molar-refractivity contribution in [2.24, 2.45) is 5.73 Å². The Balaban J connectivity index is 1.61. The number of hydrogen-bond donors (Lipinski definition) is 3. The molecule has 0 saturated heterocycles. The predicted octanol–water partition coefficient (Wildman–Crippen LogP) is 3.96. The Hall–Kier alpha value is -4.79. The molecule has 0 bridgehead atoms. The SMILES string of the molecule is NC(=O)Nc1cncc(-c2nc(NCc3ccccn3)c3c(-c4ccccc4)ccn3n2)c1. The number of fused-ring (bicyclic) bond motifs is 1. The van der Waals surface area contributed by atoms with E-state index in [1.54, 1.807) is 23.0 Å². The monoisotopic (exact) mass is 436 g/mol. The lowest BCUT2D eigenvalue weighted by molar-refractivity contribution is 0.259. The normalized spacial score (nSPS) is 10.8. The second-order valence-corrected chi connectivity index (χ2v) is 7.30. The van der Waals surface area contributed by atoms with Gasteiger partial charge in [-0.15, -0.1) is 5.10 Å². The zero-order chi connectivity index (χ0) is 22.6. The summed E-state index contributed by atoms with van der Waals surface area (Å²) in [4.78, 5) is 24.6. The van der Waals surface area contributed by atoms with Gasteiger partial charge in [0.05, 0.1) is 24.1 Å². The molecule has 0 aliphatic carbocycles. The number of benzene rings is 1. The van der Waals surface area contributed by atoms with Gasteiger partial charge in [0.2, 0.25) is 0 Å². The molecule has 4 N–H and O–H groups in total. The Labute approximate surface area is 189 Å². The van der Waals surface area contributed by atoms with Crippen LogP contribution in [0.5, 0.6) is 0 Å². The highest BCUT2D eigenvalue weighted by atomic mass is 16.2. The van der Waals surface area contributed by atoms with Crippen LogP contribution < -0.4 is 16.4 Å². The third-order valence-electron chi connectivity index (χ3n) is 5.02. The van der Waals surface area contributed by atoms with Crippen molar-refractivity contribution < 1.29 is 4.79 Å². The second-order valence-electron chi connectivity index (χ2n) is 7.30. The number of primary amides is 1. The van der Waals surface area contributed by atoms with Crippen molar-refractivity contribution in [3.05, 3.63) is 91.1 Å². The number of nitrogens with zero attached hydrogens (tertiary/aromatic N) is 5. The van der Waals surface area contributed by atoms with Gasteiger partial charge in [0, 0.05) is 29.7 Å². The smallest absolute Gasteiger partial charge is 0.316 e. The van der Waals surface area contributed by atoms with E-state index in [9.17, 15) is 4.79 Å². The average Bonchev–Trinajstić information content (AvgIpc) is 3.28. The van der Waals surface area contributed by atoms with Crippen molar-refractivity contribution in [1.82, 2.24) is 24.6 Å². The van der Waals surface area contributed by atoms with E-state index in [1.165, 1.54) is 6.20 Å². The van der Waals surface area contributed by atoms with Gasteiger partial charge < -0.3 is 16.4 Å². The highest BCUT2D eigenvalue weighted by Crippen LogP contribution is 2.31. The minimum atomic E-state index is -0.666. The van der Waals surface area contributed by atoms with E-state index in [1.807, 2.05) is 48.7 Å². The summed E-state index contributed by atoms with van der Waals surface area (Å²) in [5, 5.41) is 10.6. The van der Waals surface area contributed by atoms with Gasteiger partial charge in [0.15, 0.2) is 11.6 Å². The number of aromatic nitrogens is 5. The molecule has 5 rings (SSSR count). The Morgan fingerprint density at radius 3 is 2.64 bits per heavy atom. The number of anilines is 2. The molecule has 9 heteroatoms. The number of amides is 2. The topological polar surface area (TPSA) is 123 Å². The third kappa shape index (κ3) is 4.33. The summed E-state index contributed by atoms with van der Waals surface area (Å²) in [5.74, 6) is 1.10. The first-order valence-corrected chi connectivity index (χ1v) is 10.3. The minimum absolute atomic E-state index is 0.446. The lowest BCUT2D eigenvalue weighted by atomic mass is 10.1. The van der Waals surface area contributed by atoms with Gasteiger partial charge in [0.1, 0.15) is 5.52 Å². The molecule has 0 radical (unpaired) electrons. The maximum absolute atomic E-state index is 11.2. The number of carbonyl (C=O) groups excluding carboxylic acids is 1. The van der Waals surface area contributed by atoms with E-state index in [0.29, 0.717) is 29.4 Å². The van der Waals surface area contributed by atoms with Crippen LogP contribution in [0.2, 0.25) is 0 Å². The quantitative estimate of drug-likeness (QED) is 0.370. The van der Waals surface area contributed by atoms with E-state index in [4.69, 9.17) is 15.8 Å². The average molecular weight is 436 g/mol. The van der Waals surface area contributed by atoms with Crippen LogP contribution in [-0.2, 0) is 6.54 Å². The van der Waals surface area contributed by atoms with E-state index < -0.39 is 6.03 Å². The van der Waals surface area contributed by atoms with Crippen LogP contribution in [0.15, 0.2) is 85.5 Å². The molecule has 1 aromatic carbocycles. The standard InChI is InChI=1S/C24H20N8O/c25-24(33)29-19-12-17(13-26-14-19)22-30-23(28-15-18-8-4-5-10-27-18)21-20(9-11-32(21)31-22)16-6-2-1-3-7-16/h1-14H,15H2,(H3,25,29,33)(H,28,30,31). The van der Waals surface area contributed by atoms with Gasteiger partial charge in [0.25, 0.3) is 0 Å². The molecule has 2 amide bonds. The van der Waals surface area contributed by atoms with E-state index in [-0.39, 0.29) is 0 Å². The summed E-state index contributed by atoms with van der Waals surface area (Å²) in [6.07, 6.45) is 6.80. The lowest BCUT2D eigenvalue weighted by Crippen LogP contribution is -2.19. The van der Waals surface area contributed by atoms with Crippen LogP contribution in [0.1, 0.15) is 5.69 Å². The fourth-order valence-corrected chi connectivity index (χ4v) is 3.57. The van der Waals surface area contributed by atoms with Crippen LogP contribution in [0, 0.1) is 0 Å². The zero-order valence-corrected chi connectivity index (χ0v) is 17.5. The summed E-state index contributed by atoms with van der Waals surface area (Å²) < 4.78 is 1.79. The number of urea groups is 1. The molecule has 5 aromatic rings. The minimum Gasteiger partial charge on any atom is -0.363 e. The van der Waals surface area contributed by atoms with Crippen molar-refractivity contribution >= 4 is 23.1 Å². The number of nitrogens with one attached hydrogen (secondary N) is 2. The number of hydrogen-bond acceptors (Lipinski definition) is 6. The molecule has 0 atom stereocenters. The van der Waals surface area contributed by atoms with E-state index in [2.05, 4.69) is 32.7 Å². The molecule has 0 aliphatic heterocycles. The highest BCUT2D eigenvalue weighted by molar-refractivity contribution is 5.90. The first kappa shape index (κ1) is 20.1. The van der Waals surface area contributed by atoms with Gasteiger partial charge >= 0.3 is 6.03 Å². The maximum Gasteiger partial charge on any atom is 0.316 e. The van der Waals surface area contributed by atoms with Gasteiger partial charge in [-0.1, -0.05) is 36.4 Å². The number of pyridine rings is 2. The molecule has 4 heterocycles. The van der Waals surface area contributed by atoms with Gasteiger partial charge in [-0.3, -0.25) is 9.97 Å².